The second-order valence-corrected chi connectivity index (χ2v) is 5.79. The lowest BCUT2D eigenvalue weighted by atomic mass is 10.1. The van der Waals surface area contributed by atoms with Gasteiger partial charge in [0.15, 0.2) is 0 Å². The fourth-order valence-electron chi connectivity index (χ4n) is 2.06. The second kappa shape index (κ2) is 8.49. The van der Waals surface area contributed by atoms with E-state index in [4.69, 9.17) is 14.6 Å². The van der Waals surface area contributed by atoms with Crippen LogP contribution < -0.4 is 9.47 Å². The average Bonchev–Trinajstić information content (AvgIpc) is 2.43. The average molecular weight is 346 g/mol. The molecule has 0 fully saturated rings. The minimum Gasteiger partial charge on any atom is -0.496 e. The molecule has 20 heavy (non-hydrogen) atoms. The Balaban J connectivity index is 2.97. The molecule has 0 heterocycles. The van der Waals surface area contributed by atoms with E-state index in [1.165, 1.54) is 0 Å². The van der Waals surface area contributed by atoms with Crippen LogP contribution in [0.1, 0.15) is 25.8 Å². The Morgan fingerprint density at radius 1 is 1.20 bits per heavy atom. The first kappa shape index (κ1) is 17.3. The summed E-state index contributed by atoms with van der Waals surface area (Å²) in [5.74, 6) is 1.64. The lowest BCUT2D eigenvalue weighted by Gasteiger charge is -2.27. The monoisotopic (exact) mass is 345 g/mol. The molecule has 0 radical (unpaired) electrons. The highest BCUT2D eigenvalue weighted by Crippen LogP contribution is 2.33. The topological polar surface area (TPSA) is 41.9 Å². The van der Waals surface area contributed by atoms with E-state index in [2.05, 4.69) is 34.7 Å². The largest absolute Gasteiger partial charge is 0.496 e. The van der Waals surface area contributed by atoms with Crippen molar-refractivity contribution in [1.29, 1.82) is 0 Å². The molecule has 0 saturated carbocycles. The summed E-state index contributed by atoms with van der Waals surface area (Å²) < 4.78 is 11.7. The first-order chi connectivity index (χ1) is 9.53. The van der Waals surface area contributed by atoms with Gasteiger partial charge in [0.1, 0.15) is 11.5 Å². The molecule has 0 aliphatic rings. The van der Waals surface area contributed by atoms with E-state index in [0.717, 1.165) is 41.0 Å². The molecule has 0 saturated heterocycles. The maximum absolute atomic E-state index is 9.00. The maximum atomic E-state index is 9.00. The Kier molecular flexibility index (Phi) is 7.34. The van der Waals surface area contributed by atoms with Gasteiger partial charge < -0.3 is 14.6 Å². The van der Waals surface area contributed by atoms with Crippen LogP contribution in [0.25, 0.3) is 0 Å². The molecular formula is C15H24BrNO3. The van der Waals surface area contributed by atoms with Crippen molar-refractivity contribution in [3.05, 3.63) is 22.2 Å². The lowest BCUT2D eigenvalue weighted by molar-refractivity contribution is 0.183. The lowest BCUT2D eigenvalue weighted by Crippen LogP contribution is -2.31. The van der Waals surface area contributed by atoms with Gasteiger partial charge in [-0.2, -0.15) is 0 Å². The fourth-order valence-corrected chi connectivity index (χ4v) is 2.54. The quantitative estimate of drug-likeness (QED) is 0.786. The molecule has 0 aromatic heterocycles. The Morgan fingerprint density at radius 3 is 2.35 bits per heavy atom. The molecule has 0 aliphatic heterocycles. The third-order valence-electron chi connectivity index (χ3n) is 3.26. The summed E-state index contributed by atoms with van der Waals surface area (Å²) in [7, 11) is 3.33. The van der Waals surface area contributed by atoms with Crippen LogP contribution in [-0.2, 0) is 6.54 Å². The zero-order valence-corrected chi connectivity index (χ0v) is 14.2. The molecule has 114 valence electrons. The van der Waals surface area contributed by atoms with Crippen molar-refractivity contribution in [2.45, 2.75) is 32.9 Å². The third-order valence-corrected chi connectivity index (χ3v) is 3.88. The molecule has 0 atom stereocenters. The number of hydrogen-bond acceptors (Lipinski definition) is 4. The van der Waals surface area contributed by atoms with Crippen LogP contribution in [-0.4, -0.2) is 43.4 Å². The summed E-state index contributed by atoms with van der Waals surface area (Å²) in [5, 5.41) is 9.00. The Morgan fingerprint density at radius 2 is 1.85 bits per heavy atom. The van der Waals surface area contributed by atoms with E-state index in [1.807, 2.05) is 12.1 Å². The van der Waals surface area contributed by atoms with Gasteiger partial charge in [-0.05, 0) is 48.3 Å². The summed E-state index contributed by atoms with van der Waals surface area (Å²) in [6.45, 7) is 6.14. The molecule has 1 rings (SSSR count). The van der Waals surface area contributed by atoms with Crippen molar-refractivity contribution in [3.8, 4) is 11.5 Å². The molecule has 0 bridgehead atoms. The predicted molar refractivity (Wildman–Crippen MR) is 84.5 cm³/mol. The van der Waals surface area contributed by atoms with Gasteiger partial charge in [-0.1, -0.05) is 0 Å². The van der Waals surface area contributed by atoms with Crippen molar-refractivity contribution in [3.63, 3.8) is 0 Å². The van der Waals surface area contributed by atoms with Crippen LogP contribution in [0.15, 0.2) is 16.6 Å². The summed E-state index contributed by atoms with van der Waals surface area (Å²) in [4.78, 5) is 2.31. The second-order valence-electron chi connectivity index (χ2n) is 4.94. The number of aliphatic hydroxyl groups excluding tert-OH is 1. The molecular weight excluding hydrogens is 322 g/mol. The number of ether oxygens (including phenoxy) is 2. The van der Waals surface area contributed by atoms with Crippen LogP contribution in [0.3, 0.4) is 0 Å². The minimum absolute atomic E-state index is 0.212. The predicted octanol–water partition coefficient (Wildman–Crippen LogP) is 3.06. The van der Waals surface area contributed by atoms with Gasteiger partial charge in [0.25, 0.3) is 0 Å². The Bertz CT molecular complexity index is 424. The third kappa shape index (κ3) is 4.65. The number of rotatable bonds is 8. The molecule has 0 spiro atoms. The summed E-state index contributed by atoms with van der Waals surface area (Å²) in [5.41, 5.74) is 1.08. The van der Waals surface area contributed by atoms with Crippen molar-refractivity contribution >= 4 is 15.9 Å². The van der Waals surface area contributed by atoms with Crippen LogP contribution in [0.5, 0.6) is 11.5 Å². The number of benzene rings is 1. The van der Waals surface area contributed by atoms with Crippen molar-refractivity contribution in [2.24, 2.45) is 0 Å². The smallest absolute Gasteiger partial charge is 0.133 e. The van der Waals surface area contributed by atoms with Crippen LogP contribution in [0, 0.1) is 0 Å². The number of hydrogen-bond donors (Lipinski definition) is 1. The van der Waals surface area contributed by atoms with E-state index >= 15 is 0 Å². The molecule has 0 unspecified atom stereocenters. The number of halogens is 1. The van der Waals surface area contributed by atoms with Gasteiger partial charge in [0.05, 0.1) is 18.7 Å². The minimum atomic E-state index is 0.212. The molecule has 5 heteroatoms. The van der Waals surface area contributed by atoms with E-state index in [9.17, 15) is 0 Å². The summed E-state index contributed by atoms with van der Waals surface area (Å²) >= 11 is 3.47. The Hall–Kier alpha value is -0.780. The van der Waals surface area contributed by atoms with E-state index in [0.29, 0.717) is 6.04 Å². The van der Waals surface area contributed by atoms with E-state index in [-0.39, 0.29) is 6.61 Å². The highest BCUT2D eigenvalue weighted by atomic mass is 79.9. The SMILES string of the molecule is COc1cc(CN(CCCO)C(C)C)c(OC)cc1Br. The highest BCUT2D eigenvalue weighted by molar-refractivity contribution is 9.10. The van der Waals surface area contributed by atoms with Gasteiger partial charge in [-0.3, -0.25) is 4.90 Å². The van der Waals surface area contributed by atoms with E-state index in [1.54, 1.807) is 14.2 Å². The summed E-state index contributed by atoms with van der Waals surface area (Å²) in [6.07, 6.45) is 0.772. The molecule has 0 amide bonds. The zero-order valence-electron chi connectivity index (χ0n) is 12.6. The van der Waals surface area contributed by atoms with Gasteiger partial charge >= 0.3 is 0 Å². The van der Waals surface area contributed by atoms with Crippen molar-refractivity contribution in [1.82, 2.24) is 4.90 Å². The van der Waals surface area contributed by atoms with Gasteiger partial charge in [0, 0.05) is 31.3 Å². The van der Waals surface area contributed by atoms with Crippen LogP contribution in [0.4, 0.5) is 0 Å². The molecule has 1 N–H and O–H groups in total. The maximum Gasteiger partial charge on any atom is 0.133 e. The van der Waals surface area contributed by atoms with Crippen molar-refractivity contribution < 1.29 is 14.6 Å². The standard InChI is InChI=1S/C15H24BrNO3/c1-11(2)17(6-5-7-18)10-12-8-15(20-4)13(16)9-14(12)19-3/h8-9,11,18H,5-7,10H2,1-4H3. The Labute approximate surface area is 129 Å². The van der Waals surface area contributed by atoms with Gasteiger partial charge in [0.2, 0.25) is 0 Å². The molecule has 0 aliphatic carbocycles. The van der Waals surface area contributed by atoms with Gasteiger partial charge in [-0.15, -0.1) is 0 Å². The van der Waals surface area contributed by atoms with Crippen molar-refractivity contribution in [2.75, 3.05) is 27.4 Å². The summed E-state index contributed by atoms with van der Waals surface area (Å²) in [6, 6.07) is 4.33. The fraction of sp³-hybridized carbons (Fsp3) is 0.600. The molecule has 1 aromatic carbocycles. The van der Waals surface area contributed by atoms with E-state index < -0.39 is 0 Å². The van der Waals surface area contributed by atoms with Crippen LogP contribution >= 0.6 is 15.9 Å². The number of nitrogens with zero attached hydrogens (tertiary/aromatic N) is 1. The number of aliphatic hydroxyl groups is 1. The first-order valence-corrected chi connectivity index (χ1v) is 7.58. The normalized spacial score (nSPS) is 11.2. The highest BCUT2D eigenvalue weighted by Gasteiger charge is 2.15. The molecule has 1 aromatic rings. The zero-order chi connectivity index (χ0) is 15.1. The first-order valence-electron chi connectivity index (χ1n) is 6.78. The molecule has 4 nitrogen and oxygen atoms in total. The number of methoxy groups -OCH3 is 2. The van der Waals surface area contributed by atoms with Crippen LogP contribution in [0.2, 0.25) is 0 Å². The van der Waals surface area contributed by atoms with Gasteiger partial charge in [-0.25, -0.2) is 0 Å².